The van der Waals surface area contributed by atoms with Crippen LogP contribution in [0.15, 0.2) is 0 Å². The van der Waals surface area contributed by atoms with Gasteiger partial charge in [0.05, 0.1) is 13.2 Å². The molecule has 1 aliphatic rings. The lowest BCUT2D eigenvalue weighted by atomic mass is 9.84. The van der Waals surface area contributed by atoms with E-state index in [1.54, 1.807) is 7.11 Å². The normalized spacial score (nSPS) is 16.7. The second-order valence-electron chi connectivity index (χ2n) is 5.39. The third-order valence-corrected chi connectivity index (χ3v) is 3.77. The Labute approximate surface area is 133 Å². The molecule has 3 N–H and O–H groups in total. The van der Waals surface area contributed by atoms with Gasteiger partial charge in [-0.05, 0) is 37.8 Å². The van der Waals surface area contributed by atoms with E-state index in [0.29, 0.717) is 31.4 Å². The van der Waals surface area contributed by atoms with Crippen LogP contribution in [0.4, 0.5) is 0 Å². The Hall–Kier alpha value is -0.850. The van der Waals surface area contributed by atoms with E-state index in [-0.39, 0.29) is 30.8 Å². The first-order chi connectivity index (χ1) is 9.63. The lowest BCUT2D eigenvalue weighted by molar-refractivity contribution is -0.126. The van der Waals surface area contributed by atoms with Crippen LogP contribution >= 0.6 is 12.4 Å². The molecular formula is C14H28ClN3O3. The number of piperidine rings is 1. The predicted octanol–water partition coefficient (Wildman–Crippen LogP) is 0.313. The molecule has 1 atom stereocenters. The number of carbonyl (C=O) groups excluding carboxylic acids is 2. The van der Waals surface area contributed by atoms with E-state index in [2.05, 4.69) is 22.9 Å². The summed E-state index contributed by atoms with van der Waals surface area (Å²) in [6.45, 7) is 5.19. The molecule has 0 aromatic heterocycles. The van der Waals surface area contributed by atoms with Crippen LogP contribution in [0.1, 0.15) is 26.2 Å². The van der Waals surface area contributed by atoms with Gasteiger partial charge >= 0.3 is 0 Å². The molecule has 6 nitrogen and oxygen atoms in total. The third kappa shape index (κ3) is 8.90. The van der Waals surface area contributed by atoms with Crippen molar-refractivity contribution in [3.63, 3.8) is 0 Å². The Morgan fingerprint density at radius 1 is 1.24 bits per heavy atom. The van der Waals surface area contributed by atoms with Gasteiger partial charge in [0, 0.05) is 20.1 Å². The van der Waals surface area contributed by atoms with Gasteiger partial charge in [0.15, 0.2) is 0 Å². The highest BCUT2D eigenvalue weighted by Gasteiger charge is 2.22. The van der Waals surface area contributed by atoms with Crippen LogP contribution in [-0.4, -0.2) is 51.7 Å². The van der Waals surface area contributed by atoms with Crippen molar-refractivity contribution in [1.29, 1.82) is 0 Å². The van der Waals surface area contributed by atoms with Crippen LogP contribution in [0.5, 0.6) is 0 Å². The molecule has 0 aromatic carbocycles. The number of methoxy groups -OCH3 is 1. The second-order valence-corrected chi connectivity index (χ2v) is 5.39. The molecule has 0 radical (unpaired) electrons. The minimum Gasteiger partial charge on any atom is -0.383 e. The van der Waals surface area contributed by atoms with Gasteiger partial charge in [0.2, 0.25) is 11.8 Å². The molecular weight excluding hydrogens is 294 g/mol. The lowest BCUT2D eigenvalue weighted by Crippen LogP contribution is -2.39. The Morgan fingerprint density at radius 3 is 2.52 bits per heavy atom. The van der Waals surface area contributed by atoms with Gasteiger partial charge in [-0.3, -0.25) is 9.59 Å². The van der Waals surface area contributed by atoms with Gasteiger partial charge in [-0.25, -0.2) is 0 Å². The lowest BCUT2D eigenvalue weighted by Gasteiger charge is -2.27. The smallest absolute Gasteiger partial charge is 0.239 e. The van der Waals surface area contributed by atoms with Crippen molar-refractivity contribution in [2.24, 2.45) is 11.8 Å². The first-order valence-electron chi connectivity index (χ1n) is 7.36. The highest BCUT2D eigenvalue weighted by molar-refractivity contribution is 5.85. The molecule has 1 heterocycles. The van der Waals surface area contributed by atoms with Crippen molar-refractivity contribution >= 4 is 24.2 Å². The zero-order valence-electron chi connectivity index (χ0n) is 12.9. The molecule has 124 valence electrons. The Bertz CT molecular complexity index is 310. The van der Waals surface area contributed by atoms with Gasteiger partial charge in [-0.2, -0.15) is 0 Å². The van der Waals surface area contributed by atoms with Crippen molar-refractivity contribution in [3.05, 3.63) is 0 Å². The summed E-state index contributed by atoms with van der Waals surface area (Å²) in [6.07, 6.45) is 2.76. The summed E-state index contributed by atoms with van der Waals surface area (Å²) < 4.78 is 4.83. The fraction of sp³-hybridized carbons (Fsp3) is 0.857. The average Bonchev–Trinajstić information content (AvgIpc) is 2.46. The number of hydrogen-bond acceptors (Lipinski definition) is 4. The topological polar surface area (TPSA) is 79.5 Å². The highest BCUT2D eigenvalue weighted by Crippen LogP contribution is 2.23. The number of hydrogen-bond donors (Lipinski definition) is 3. The zero-order chi connectivity index (χ0) is 14.8. The number of nitrogens with one attached hydrogen (secondary N) is 3. The summed E-state index contributed by atoms with van der Waals surface area (Å²) >= 11 is 0. The van der Waals surface area contributed by atoms with E-state index in [9.17, 15) is 9.59 Å². The Morgan fingerprint density at radius 2 is 1.90 bits per heavy atom. The average molecular weight is 322 g/mol. The molecule has 1 saturated heterocycles. The SMILES string of the molecule is COCCNC(=O)CNC(=O)CC(C)C1CCNCC1.Cl. The summed E-state index contributed by atoms with van der Waals surface area (Å²) in [5, 5.41) is 8.66. The van der Waals surface area contributed by atoms with E-state index < -0.39 is 0 Å². The largest absolute Gasteiger partial charge is 0.383 e. The summed E-state index contributed by atoms with van der Waals surface area (Å²) in [5.74, 6) is 0.758. The van der Waals surface area contributed by atoms with E-state index in [1.165, 1.54) is 0 Å². The van der Waals surface area contributed by atoms with Gasteiger partial charge < -0.3 is 20.7 Å². The quantitative estimate of drug-likeness (QED) is 0.562. The van der Waals surface area contributed by atoms with E-state index >= 15 is 0 Å². The van der Waals surface area contributed by atoms with E-state index in [4.69, 9.17) is 4.74 Å². The van der Waals surface area contributed by atoms with Crippen LogP contribution in [0, 0.1) is 11.8 Å². The number of carbonyl (C=O) groups is 2. The maximum atomic E-state index is 11.8. The molecule has 2 amide bonds. The predicted molar refractivity (Wildman–Crippen MR) is 84.5 cm³/mol. The molecule has 1 aliphatic heterocycles. The highest BCUT2D eigenvalue weighted by atomic mass is 35.5. The van der Waals surface area contributed by atoms with Crippen molar-refractivity contribution in [2.45, 2.75) is 26.2 Å². The third-order valence-electron chi connectivity index (χ3n) is 3.77. The van der Waals surface area contributed by atoms with Crippen LogP contribution in [0.25, 0.3) is 0 Å². The molecule has 0 spiro atoms. The van der Waals surface area contributed by atoms with Crippen LogP contribution in [0.3, 0.4) is 0 Å². The van der Waals surface area contributed by atoms with Gasteiger partial charge in [-0.1, -0.05) is 6.92 Å². The van der Waals surface area contributed by atoms with E-state index in [0.717, 1.165) is 25.9 Å². The minimum atomic E-state index is -0.176. The first kappa shape index (κ1) is 20.1. The summed E-state index contributed by atoms with van der Waals surface area (Å²) in [6, 6.07) is 0. The molecule has 0 aliphatic carbocycles. The zero-order valence-corrected chi connectivity index (χ0v) is 13.8. The van der Waals surface area contributed by atoms with E-state index in [1.807, 2.05) is 0 Å². The monoisotopic (exact) mass is 321 g/mol. The van der Waals surface area contributed by atoms with Crippen molar-refractivity contribution in [2.75, 3.05) is 39.9 Å². The molecule has 0 saturated carbocycles. The Balaban J connectivity index is 0.00000400. The fourth-order valence-electron chi connectivity index (χ4n) is 2.48. The van der Waals surface area contributed by atoms with Crippen LogP contribution in [0.2, 0.25) is 0 Å². The molecule has 1 rings (SSSR count). The molecule has 21 heavy (non-hydrogen) atoms. The van der Waals surface area contributed by atoms with Crippen LogP contribution in [-0.2, 0) is 14.3 Å². The molecule has 1 fully saturated rings. The molecule has 0 aromatic rings. The molecule has 0 bridgehead atoms. The summed E-state index contributed by atoms with van der Waals surface area (Å²) in [5.41, 5.74) is 0. The summed E-state index contributed by atoms with van der Waals surface area (Å²) in [4.78, 5) is 23.2. The molecule has 7 heteroatoms. The van der Waals surface area contributed by atoms with Crippen LogP contribution < -0.4 is 16.0 Å². The first-order valence-corrected chi connectivity index (χ1v) is 7.36. The van der Waals surface area contributed by atoms with Crippen molar-refractivity contribution < 1.29 is 14.3 Å². The van der Waals surface area contributed by atoms with Gasteiger partial charge in [0.25, 0.3) is 0 Å². The minimum absolute atomic E-state index is 0. The second kappa shape index (κ2) is 11.8. The van der Waals surface area contributed by atoms with Crippen molar-refractivity contribution in [1.82, 2.24) is 16.0 Å². The standard InChI is InChI=1S/C14H27N3O3.ClH/c1-11(12-3-5-15-6-4-12)9-13(18)17-10-14(19)16-7-8-20-2;/h11-12,15H,3-10H2,1-2H3,(H,16,19)(H,17,18);1H. The van der Waals surface area contributed by atoms with Gasteiger partial charge in [-0.15, -0.1) is 12.4 Å². The number of halogens is 1. The maximum Gasteiger partial charge on any atom is 0.239 e. The summed E-state index contributed by atoms with van der Waals surface area (Å²) in [7, 11) is 1.58. The van der Waals surface area contributed by atoms with Crippen molar-refractivity contribution in [3.8, 4) is 0 Å². The molecule has 1 unspecified atom stereocenters. The maximum absolute atomic E-state index is 11.8. The number of amides is 2. The number of rotatable bonds is 8. The fourth-order valence-corrected chi connectivity index (χ4v) is 2.48. The number of ether oxygens (including phenoxy) is 1. The van der Waals surface area contributed by atoms with Gasteiger partial charge in [0.1, 0.15) is 0 Å². The Kier molecular flexibility index (Phi) is 11.3.